The van der Waals surface area contributed by atoms with Gasteiger partial charge in [-0.05, 0) is 0 Å². The van der Waals surface area contributed by atoms with E-state index in [4.69, 9.17) is 9.63 Å². The Morgan fingerprint density at radius 2 is 2.64 bits per heavy atom. The third kappa shape index (κ3) is 2.81. The van der Waals surface area contributed by atoms with Gasteiger partial charge in [0.25, 0.3) is 0 Å². The summed E-state index contributed by atoms with van der Waals surface area (Å²) in [6.45, 7) is 0.326. The molecule has 0 atom stereocenters. The summed E-state index contributed by atoms with van der Waals surface area (Å²) in [4.78, 5) is 10.0. The van der Waals surface area contributed by atoms with Crippen LogP contribution in [0.5, 0.6) is 0 Å². The lowest BCUT2D eigenvalue weighted by molar-refractivity contribution is -0.136. The highest BCUT2D eigenvalue weighted by molar-refractivity contribution is 5.68. The van der Waals surface area contributed by atoms with Gasteiger partial charge in [-0.3, -0.25) is 10.1 Å². The molecule has 0 saturated heterocycles. The molecule has 2 N–H and O–H groups in total. The van der Waals surface area contributed by atoms with Crippen LogP contribution < -0.4 is 5.32 Å². The molecular formula is C6H8N2O3. The van der Waals surface area contributed by atoms with E-state index in [9.17, 15) is 4.79 Å². The molecule has 0 aliphatic heterocycles. The van der Waals surface area contributed by atoms with Gasteiger partial charge >= 0.3 is 5.97 Å². The third-order valence-corrected chi connectivity index (χ3v) is 1.07. The van der Waals surface area contributed by atoms with Gasteiger partial charge in [-0.25, -0.2) is 0 Å². The van der Waals surface area contributed by atoms with Crippen LogP contribution in [0.4, 0.5) is 0 Å². The third-order valence-electron chi connectivity index (χ3n) is 1.07. The molecule has 0 bridgehead atoms. The summed E-state index contributed by atoms with van der Waals surface area (Å²) < 4.78 is 4.71. The molecule has 0 aliphatic rings. The van der Waals surface area contributed by atoms with Crippen molar-refractivity contribution in [3.8, 4) is 0 Å². The van der Waals surface area contributed by atoms with Crippen molar-refractivity contribution in [1.29, 1.82) is 0 Å². The van der Waals surface area contributed by atoms with Crippen LogP contribution in [0.2, 0.25) is 0 Å². The van der Waals surface area contributed by atoms with E-state index in [2.05, 4.69) is 10.5 Å². The molecule has 1 rings (SSSR count). The highest BCUT2D eigenvalue weighted by Crippen LogP contribution is 1.93. The molecule has 1 aromatic rings. The Kier molecular flexibility index (Phi) is 2.62. The van der Waals surface area contributed by atoms with Gasteiger partial charge in [0, 0.05) is 6.07 Å². The number of carbonyl (C=O) groups is 1. The maximum atomic E-state index is 10.0. The molecule has 5 nitrogen and oxygen atoms in total. The van der Waals surface area contributed by atoms with Crippen molar-refractivity contribution in [1.82, 2.24) is 10.5 Å². The lowest BCUT2D eigenvalue weighted by Gasteiger charge is -1.94. The monoisotopic (exact) mass is 156 g/mol. The predicted molar refractivity (Wildman–Crippen MR) is 35.8 cm³/mol. The Morgan fingerprint density at radius 3 is 3.18 bits per heavy atom. The molecule has 0 spiro atoms. The lowest BCUT2D eigenvalue weighted by Crippen LogP contribution is -2.21. The van der Waals surface area contributed by atoms with Gasteiger partial charge in [-0.1, -0.05) is 5.16 Å². The van der Waals surface area contributed by atoms with E-state index in [0.29, 0.717) is 12.3 Å². The second kappa shape index (κ2) is 3.72. The Hall–Kier alpha value is -1.36. The number of hydrogen-bond acceptors (Lipinski definition) is 4. The van der Waals surface area contributed by atoms with E-state index in [0.717, 1.165) is 0 Å². The van der Waals surface area contributed by atoms with Crippen LogP contribution in [-0.4, -0.2) is 22.8 Å². The van der Waals surface area contributed by atoms with Crippen molar-refractivity contribution in [3.05, 3.63) is 18.0 Å². The van der Waals surface area contributed by atoms with E-state index >= 15 is 0 Å². The van der Waals surface area contributed by atoms with Gasteiger partial charge in [0.2, 0.25) is 0 Å². The fraction of sp³-hybridized carbons (Fsp3) is 0.333. The van der Waals surface area contributed by atoms with E-state index in [1.54, 1.807) is 6.07 Å². The zero-order chi connectivity index (χ0) is 8.10. The van der Waals surface area contributed by atoms with Crippen molar-refractivity contribution < 1.29 is 14.4 Å². The van der Waals surface area contributed by atoms with Gasteiger partial charge in [0.1, 0.15) is 5.76 Å². The molecule has 5 heteroatoms. The van der Waals surface area contributed by atoms with Crippen LogP contribution in [-0.2, 0) is 11.3 Å². The second-order valence-corrected chi connectivity index (χ2v) is 1.98. The van der Waals surface area contributed by atoms with Crippen molar-refractivity contribution in [2.45, 2.75) is 6.54 Å². The normalized spacial score (nSPS) is 9.82. The van der Waals surface area contributed by atoms with Gasteiger partial charge in [0.05, 0.1) is 19.3 Å². The molecule has 0 saturated carbocycles. The van der Waals surface area contributed by atoms with Crippen LogP contribution >= 0.6 is 0 Å². The highest BCUT2D eigenvalue weighted by atomic mass is 16.5. The molecule has 0 fully saturated rings. The van der Waals surface area contributed by atoms with Gasteiger partial charge < -0.3 is 9.63 Å². The second-order valence-electron chi connectivity index (χ2n) is 1.98. The first kappa shape index (κ1) is 7.74. The van der Waals surface area contributed by atoms with E-state index in [1.165, 1.54) is 6.20 Å². The van der Waals surface area contributed by atoms with Gasteiger partial charge in [-0.15, -0.1) is 0 Å². The lowest BCUT2D eigenvalue weighted by atomic mass is 10.4. The molecule has 0 amide bonds. The number of aliphatic carboxylic acids is 1. The SMILES string of the molecule is O=C(O)CNCc1ccno1. The average Bonchev–Trinajstić information content (AvgIpc) is 2.39. The number of aromatic nitrogens is 1. The largest absolute Gasteiger partial charge is 0.480 e. The zero-order valence-corrected chi connectivity index (χ0v) is 5.78. The molecule has 1 heterocycles. The summed E-state index contributed by atoms with van der Waals surface area (Å²) in [5.74, 6) is -0.254. The first-order valence-electron chi connectivity index (χ1n) is 3.11. The standard InChI is InChI=1S/C6H8N2O3/c9-6(10)4-7-3-5-1-2-8-11-5/h1-2,7H,3-4H2,(H,9,10). The first-order chi connectivity index (χ1) is 5.29. The zero-order valence-electron chi connectivity index (χ0n) is 5.78. The fourth-order valence-corrected chi connectivity index (χ4v) is 0.626. The van der Waals surface area contributed by atoms with Crippen LogP contribution in [0, 0.1) is 0 Å². The summed E-state index contributed by atoms with van der Waals surface area (Å²) in [7, 11) is 0. The molecule has 0 unspecified atom stereocenters. The predicted octanol–water partition coefficient (Wildman–Crippen LogP) is -0.151. The summed E-state index contributed by atoms with van der Waals surface area (Å²) in [6.07, 6.45) is 1.51. The summed E-state index contributed by atoms with van der Waals surface area (Å²) >= 11 is 0. The van der Waals surface area contributed by atoms with Crippen molar-refractivity contribution in [2.75, 3.05) is 6.54 Å². The van der Waals surface area contributed by atoms with Crippen LogP contribution in [0.15, 0.2) is 16.8 Å². The fourth-order valence-electron chi connectivity index (χ4n) is 0.626. The van der Waals surface area contributed by atoms with E-state index < -0.39 is 5.97 Å². The Labute approximate surface area is 63.0 Å². The number of nitrogens with one attached hydrogen (secondary N) is 1. The first-order valence-corrected chi connectivity index (χ1v) is 3.11. The number of hydrogen-bond donors (Lipinski definition) is 2. The Balaban J connectivity index is 2.19. The van der Waals surface area contributed by atoms with Gasteiger partial charge in [0.15, 0.2) is 0 Å². The molecule has 0 aromatic carbocycles. The highest BCUT2D eigenvalue weighted by Gasteiger charge is 1.98. The van der Waals surface area contributed by atoms with Crippen LogP contribution in [0.3, 0.4) is 0 Å². The minimum absolute atomic E-state index is 0.0688. The molecule has 0 radical (unpaired) electrons. The smallest absolute Gasteiger partial charge is 0.317 e. The molecule has 11 heavy (non-hydrogen) atoms. The molecule has 60 valence electrons. The quantitative estimate of drug-likeness (QED) is 0.634. The van der Waals surface area contributed by atoms with E-state index in [-0.39, 0.29) is 6.54 Å². The number of carboxylic acids is 1. The minimum Gasteiger partial charge on any atom is -0.480 e. The minimum atomic E-state index is -0.885. The summed E-state index contributed by atoms with van der Waals surface area (Å²) in [5.41, 5.74) is 0. The van der Waals surface area contributed by atoms with E-state index in [1.807, 2.05) is 0 Å². The maximum absolute atomic E-state index is 10.0. The average molecular weight is 156 g/mol. The Morgan fingerprint density at radius 1 is 1.82 bits per heavy atom. The Bertz CT molecular complexity index is 220. The topological polar surface area (TPSA) is 75.4 Å². The summed E-state index contributed by atoms with van der Waals surface area (Å²) in [6, 6.07) is 1.68. The summed E-state index contributed by atoms with van der Waals surface area (Å²) in [5, 5.41) is 14.3. The maximum Gasteiger partial charge on any atom is 0.317 e. The number of carboxylic acid groups (broad SMARTS) is 1. The van der Waals surface area contributed by atoms with Crippen LogP contribution in [0.25, 0.3) is 0 Å². The van der Waals surface area contributed by atoms with Crippen molar-refractivity contribution in [3.63, 3.8) is 0 Å². The van der Waals surface area contributed by atoms with Crippen molar-refractivity contribution >= 4 is 5.97 Å². The van der Waals surface area contributed by atoms with Crippen molar-refractivity contribution in [2.24, 2.45) is 0 Å². The number of nitrogens with zero attached hydrogens (tertiary/aromatic N) is 1. The molecule has 1 aromatic heterocycles. The number of rotatable bonds is 4. The molecular weight excluding hydrogens is 148 g/mol. The van der Waals surface area contributed by atoms with Gasteiger partial charge in [-0.2, -0.15) is 0 Å². The molecule has 0 aliphatic carbocycles. The van der Waals surface area contributed by atoms with Crippen LogP contribution in [0.1, 0.15) is 5.76 Å².